The molecule has 28 heavy (non-hydrogen) atoms. The Morgan fingerprint density at radius 3 is 2.75 bits per heavy atom. The summed E-state index contributed by atoms with van der Waals surface area (Å²) in [6, 6.07) is 10.0. The van der Waals surface area contributed by atoms with Crippen LogP contribution in [-0.2, 0) is 13.0 Å². The van der Waals surface area contributed by atoms with Crippen molar-refractivity contribution >= 4 is 11.7 Å². The summed E-state index contributed by atoms with van der Waals surface area (Å²) < 4.78 is 0. The molecule has 0 spiro atoms. The summed E-state index contributed by atoms with van der Waals surface area (Å²) in [6.45, 7) is 8.50. The first kappa shape index (κ1) is 20.2. The molecule has 1 atom stereocenters. The number of aliphatic hydroxyl groups is 1. The molecule has 3 rings (SSSR count). The molecule has 2 aromatic rings. The lowest BCUT2D eigenvalue weighted by Crippen LogP contribution is -2.42. The van der Waals surface area contributed by atoms with E-state index in [0.717, 1.165) is 19.5 Å². The number of amides is 1. The second-order valence-electron chi connectivity index (χ2n) is 8.28. The van der Waals surface area contributed by atoms with Gasteiger partial charge in [-0.1, -0.05) is 24.3 Å². The van der Waals surface area contributed by atoms with E-state index in [1.54, 1.807) is 6.07 Å². The van der Waals surface area contributed by atoms with Crippen LogP contribution in [0.3, 0.4) is 0 Å². The van der Waals surface area contributed by atoms with Gasteiger partial charge in [-0.05, 0) is 38.3 Å². The number of nitrogens with one attached hydrogen (secondary N) is 2. The van der Waals surface area contributed by atoms with E-state index in [4.69, 9.17) is 0 Å². The smallest absolute Gasteiger partial charge is 0.270 e. The fourth-order valence-electron chi connectivity index (χ4n) is 3.31. The Kier molecular flexibility index (Phi) is 6.26. The van der Waals surface area contributed by atoms with Crippen LogP contribution >= 0.6 is 0 Å². The van der Waals surface area contributed by atoms with E-state index >= 15 is 0 Å². The number of benzene rings is 1. The minimum absolute atomic E-state index is 0.161. The fraction of sp³-hybridized carbons (Fsp3) is 0.476. The molecule has 7 heteroatoms. The van der Waals surface area contributed by atoms with Crippen LogP contribution in [-0.4, -0.2) is 57.2 Å². The molecule has 0 fully saturated rings. The third-order valence-electron chi connectivity index (χ3n) is 4.58. The first-order valence-electron chi connectivity index (χ1n) is 9.66. The Hall–Kier alpha value is -2.51. The molecule has 3 N–H and O–H groups in total. The Bertz CT molecular complexity index is 818. The minimum Gasteiger partial charge on any atom is -0.390 e. The number of anilines is 1. The SMILES string of the molecule is CC(C)(C)Nc1cc(C(=O)NC[C@H](O)CN2CCc3ccccc3C2)ncn1. The van der Waals surface area contributed by atoms with Gasteiger partial charge in [-0.15, -0.1) is 0 Å². The van der Waals surface area contributed by atoms with Crippen LogP contribution in [0.4, 0.5) is 5.82 Å². The maximum Gasteiger partial charge on any atom is 0.270 e. The van der Waals surface area contributed by atoms with Crippen molar-refractivity contribution in [2.75, 3.05) is 25.0 Å². The van der Waals surface area contributed by atoms with Gasteiger partial charge >= 0.3 is 0 Å². The number of hydrogen-bond donors (Lipinski definition) is 3. The van der Waals surface area contributed by atoms with Gasteiger partial charge in [0.1, 0.15) is 17.8 Å². The molecule has 0 radical (unpaired) electrons. The number of β-amino-alcohol motifs (C(OH)–C–C–N with tert-alkyl or cyclic N) is 1. The molecule has 150 valence electrons. The fourth-order valence-corrected chi connectivity index (χ4v) is 3.31. The van der Waals surface area contributed by atoms with Gasteiger partial charge in [-0.3, -0.25) is 9.69 Å². The summed E-state index contributed by atoms with van der Waals surface area (Å²) in [5.41, 5.74) is 2.81. The molecule has 0 aliphatic carbocycles. The third-order valence-corrected chi connectivity index (χ3v) is 4.58. The number of aromatic nitrogens is 2. The highest BCUT2D eigenvalue weighted by molar-refractivity contribution is 5.92. The number of rotatable bonds is 6. The number of fused-ring (bicyclic) bond motifs is 1. The van der Waals surface area contributed by atoms with Crippen LogP contribution in [0.1, 0.15) is 42.4 Å². The normalized spacial score (nSPS) is 15.6. The molecule has 1 amide bonds. The van der Waals surface area contributed by atoms with Crippen molar-refractivity contribution in [1.82, 2.24) is 20.2 Å². The zero-order chi connectivity index (χ0) is 20.1. The molecule has 1 aliphatic rings. The average molecular weight is 383 g/mol. The second kappa shape index (κ2) is 8.67. The average Bonchev–Trinajstić information content (AvgIpc) is 2.65. The van der Waals surface area contributed by atoms with Gasteiger partial charge in [0.25, 0.3) is 5.91 Å². The number of carbonyl (C=O) groups is 1. The zero-order valence-electron chi connectivity index (χ0n) is 16.8. The molecule has 0 saturated heterocycles. The van der Waals surface area contributed by atoms with E-state index in [2.05, 4.69) is 43.7 Å². The van der Waals surface area contributed by atoms with E-state index in [1.807, 2.05) is 26.8 Å². The molecular formula is C21H29N5O2. The van der Waals surface area contributed by atoms with E-state index in [1.165, 1.54) is 17.5 Å². The first-order chi connectivity index (χ1) is 13.3. The Morgan fingerprint density at radius 2 is 2.00 bits per heavy atom. The van der Waals surface area contributed by atoms with E-state index in [0.29, 0.717) is 12.4 Å². The van der Waals surface area contributed by atoms with Gasteiger partial charge in [0, 0.05) is 37.8 Å². The van der Waals surface area contributed by atoms with Crippen molar-refractivity contribution in [1.29, 1.82) is 0 Å². The monoisotopic (exact) mass is 383 g/mol. The zero-order valence-corrected chi connectivity index (χ0v) is 16.8. The van der Waals surface area contributed by atoms with Crippen LogP contribution < -0.4 is 10.6 Å². The molecular weight excluding hydrogens is 354 g/mol. The van der Waals surface area contributed by atoms with Crippen molar-refractivity contribution < 1.29 is 9.90 Å². The second-order valence-corrected chi connectivity index (χ2v) is 8.28. The number of aliphatic hydroxyl groups excluding tert-OH is 1. The summed E-state index contributed by atoms with van der Waals surface area (Å²) >= 11 is 0. The number of nitrogens with zero attached hydrogens (tertiary/aromatic N) is 3. The number of carbonyl (C=O) groups excluding carboxylic acids is 1. The topological polar surface area (TPSA) is 90.4 Å². The van der Waals surface area contributed by atoms with E-state index < -0.39 is 6.10 Å². The molecule has 1 aromatic carbocycles. The predicted octanol–water partition coefficient (Wildman–Crippen LogP) is 1.84. The highest BCUT2D eigenvalue weighted by atomic mass is 16.3. The lowest BCUT2D eigenvalue weighted by Gasteiger charge is -2.30. The number of hydrogen-bond acceptors (Lipinski definition) is 6. The summed E-state index contributed by atoms with van der Waals surface area (Å²) in [5.74, 6) is 0.280. The lowest BCUT2D eigenvalue weighted by molar-refractivity contribution is 0.0838. The van der Waals surface area contributed by atoms with Gasteiger partial charge in [-0.2, -0.15) is 0 Å². The molecule has 1 aromatic heterocycles. The Morgan fingerprint density at radius 1 is 1.25 bits per heavy atom. The van der Waals surface area contributed by atoms with Gasteiger partial charge < -0.3 is 15.7 Å². The van der Waals surface area contributed by atoms with E-state index in [-0.39, 0.29) is 23.7 Å². The van der Waals surface area contributed by atoms with Crippen molar-refractivity contribution in [2.24, 2.45) is 0 Å². The molecule has 0 bridgehead atoms. The minimum atomic E-state index is -0.636. The largest absolute Gasteiger partial charge is 0.390 e. The predicted molar refractivity (Wildman–Crippen MR) is 109 cm³/mol. The molecule has 2 heterocycles. The van der Waals surface area contributed by atoms with Crippen LogP contribution in [0.25, 0.3) is 0 Å². The molecule has 0 unspecified atom stereocenters. The standard InChI is InChI=1S/C21H29N5O2/c1-21(2,3)25-19-10-18(23-14-24-19)20(28)22-11-17(27)13-26-9-8-15-6-4-5-7-16(15)12-26/h4-7,10,14,17,27H,8-9,11-13H2,1-3H3,(H,22,28)(H,23,24,25)/t17-/m0/s1. The van der Waals surface area contributed by atoms with Crippen LogP contribution in [0, 0.1) is 0 Å². The molecule has 7 nitrogen and oxygen atoms in total. The van der Waals surface area contributed by atoms with Gasteiger partial charge in [0.05, 0.1) is 6.10 Å². The maximum atomic E-state index is 12.4. The lowest BCUT2D eigenvalue weighted by atomic mass is 10.00. The highest BCUT2D eigenvalue weighted by Gasteiger charge is 2.19. The maximum absolute atomic E-state index is 12.4. The first-order valence-corrected chi connectivity index (χ1v) is 9.66. The summed E-state index contributed by atoms with van der Waals surface area (Å²) in [6.07, 6.45) is 1.72. The van der Waals surface area contributed by atoms with Crippen molar-refractivity contribution in [3.8, 4) is 0 Å². The van der Waals surface area contributed by atoms with Crippen molar-refractivity contribution in [2.45, 2.75) is 45.4 Å². The third kappa shape index (κ3) is 5.74. The molecule has 0 saturated carbocycles. The van der Waals surface area contributed by atoms with E-state index in [9.17, 15) is 9.90 Å². The van der Waals surface area contributed by atoms with Gasteiger partial charge in [0.15, 0.2) is 0 Å². The highest BCUT2D eigenvalue weighted by Crippen LogP contribution is 2.18. The summed E-state index contributed by atoms with van der Waals surface area (Å²) in [5, 5.41) is 16.3. The van der Waals surface area contributed by atoms with Crippen LogP contribution in [0.5, 0.6) is 0 Å². The van der Waals surface area contributed by atoms with Gasteiger partial charge in [0.2, 0.25) is 0 Å². The van der Waals surface area contributed by atoms with Crippen molar-refractivity contribution in [3.63, 3.8) is 0 Å². The van der Waals surface area contributed by atoms with Gasteiger partial charge in [-0.25, -0.2) is 9.97 Å². The summed E-state index contributed by atoms with van der Waals surface area (Å²) in [7, 11) is 0. The molecule has 1 aliphatic heterocycles. The Balaban J connectivity index is 1.49. The van der Waals surface area contributed by atoms with Crippen molar-refractivity contribution in [3.05, 3.63) is 53.5 Å². The van der Waals surface area contributed by atoms with Crippen LogP contribution in [0.2, 0.25) is 0 Å². The summed E-state index contributed by atoms with van der Waals surface area (Å²) in [4.78, 5) is 22.8. The quantitative estimate of drug-likeness (QED) is 0.705. The van der Waals surface area contributed by atoms with Crippen LogP contribution in [0.15, 0.2) is 36.7 Å². The Labute approximate surface area is 166 Å².